The molecule has 1 aromatic heterocycles. The van der Waals surface area contributed by atoms with Gasteiger partial charge in [-0.05, 0) is 5.16 Å². The van der Waals surface area contributed by atoms with Gasteiger partial charge in [-0.3, -0.25) is 4.90 Å². The molecule has 2 rings (SSSR count). The van der Waals surface area contributed by atoms with Crippen molar-refractivity contribution in [3.8, 4) is 5.88 Å². The molecule has 0 aromatic carbocycles. The molecule has 1 fully saturated rings. The SMILES string of the molecule is CN1C(=O)OCC1Oc1ccon1. The second-order valence-corrected chi connectivity index (χ2v) is 2.60. The van der Waals surface area contributed by atoms with Crippen molar-refractivity contribution >= 4 is 6.09 Å². The van der Waals surface area contributed by atoms with E-state index >= 15 is 0 Å². The standard InChI is InChI=1S/C7H8N2O4/c1-9-6(4-11-7(9)10)13-5-2-3-12-8-5/h2-3,6H,4H2,1H3. The van der Waals surface area contributed by atoms with Crippen molar-refractivity contribution in [3.05, 3.63) is 12.3 Å². The van der Waals surface area contributed by atoms with Gasteiger partial charge < -0.3 is 14.0 Å². The van der Waals surface area contributed by atoms with Crippen LogP contribution in [-0.4, -0.2) is 36.0 Å². The van der Waals surface area contributed by atoms with Crippen molar-refractivity contribution < 1.29 is 18.8 Å². The van der Waals surface area contributed by atoms with E-state index < -0.39 is 12.3 Å². The third-order valence-electron chi connectivity index (χ3n) is 1.74. The summed E-state index contributed by atoms with van der Waals surface area (Å²) in [5, 5.41) is 3.55. The van der Waals surface area contributed by atoms with Crippen LogP contribution in [0.3, 0.4) is 0 Å². The lowest BCUT2D eigenvalue weighted by molar-refractivity contribution is 0.0887. The summed E-state index contributed by atoms with van der Waals surface area (Å²) in [5.41, 5.74) is 0. The summed E-state index contributed by atoms with van der Waals surface area (Å²) in [6, 6.07) is 1.57. The van der Waals surface area contributed by atoms with Gasteiger partial charge in [0.1, 0.15) is 12.9 Å². The number of aromatic nitrogens is 1. The molecule has 70 valence electrons. The minimum Gasteiger partial charge on any atom is -0.447 e. The van der Waals surface area contributed by atoms with Gasteiger partial charge in [0.2, 0.25) is 6.23 Å². The molecule has 6 nitrogen and oxygen atoms in total. The van der Waals surface area contributed by atoms with E-state index in [0.29, 0.717) is 5.88 Å². The summed E-state index contributed by atoms with van der Waals surface area (Å²) < 4.78 is 14.6. The molecule has 0 aliphatic carbocycles. The second-order valence-electron chi connectivity index (χ2n) is 2.60. The van der Waals surface area contributed by atoms with E-state index in [-0.39, 0.29) is 6.61 Å². The minimum absolute atomic E-state index is 0.211. The molecule has 1 aromatic rings. The van der Waals surface area contributed by atoms with Gasteiger partial charge >= 0.3 is 6.09 Å². The van der Waals surface area contributed by atoms with Crippen LogP contribution in [0.1, 0.15) is 0 Å². The fraction of sp³-hybridized carbons (Fsp3) is 0.429. The maximum Gasteiger partial charge on any atom is 0.412 e. The lowest BCUT2D eigenvalue weighted by atomic mass is 10.5. The molecule has 2 heterocycles. The van der Waals surface area contributed by atoms with Crippen molar-refractivity contribution in [1.29, 1.82) is 0 Å². The molecule has 13 heavy (non-hydrogen) atoms. The number of ether oxygens (including phenoxy) is 2. The lowest BCUT2D eigenvalue weighted by Gasteiger charge is -2.15. The average Bonchev–Trinajstić information content (AvgIpc) is 2.71. The van der Waals surface area contributed by atoms with Crippen LogP contribution in [0.15, 0.2) is 16.9 Å². The van der Waals surface area contributed by atoms with E-state index in [1.807, 2.05) is 0 Å². The Labute approximate surface area is 74.0 Å². The number of likely N-dealkylation sites (N-methyl/N-ethyl adjacent to an activating group) is 1. The fourth-order valence-electron chi connectivity index (χ4n) is 0.988. The summed E-state index contributed by atoms with van der Waals surface area (Å²) in [5.74, 6) is 0.343. The maximum atomic E-state index is 10.9. The fourth-order valence-corrected chi connectivity index (χ4v) is 0.988. The molecule has 6 heteroatoms. The van der Waals surface area contributed by atoms with Crippen LogP contribution < -0.4 is 4.74 Å². The van der Waals surface area contributed by atoms with Crippen molar-refractivity contribution in [2.24, 2.45) is 0 Å². The molecule has 1 aliphatic heterocycles. The third kappa shape index (κ3) is 1.42. The molecule has 0 spiro atoms. The first-order valence-corrected chi connectivity index (χ1v) is 3.74. The number of carbonyl (C=O) groups excluding carboxylic acids is 1. The number of amides is 1. The third-order valence-corrected chi connectivity index (χ3v) is 1.74. The van der Waals surface area contributed by atoms with E-state index in [1.54, 1.807) is 13.1 Å². The lowest BCUT2D eigenvalue weighted by Crippen LogP contribution is -2.34. The smallest absolute Gasteiger partial charge is 0.412 e. The Morgan fingerprint density at radius 2 is 2.62 bits per heavy atom. The number of rotatable bonds is 2. The van der Waals surface area contributed by atoms with Crippen LogP contribution in [0.5, 0.6) is 5.88 Å². The zero-order valence-electron chi connectivity index (χ0n) is 6.97. The van der Waals surface area contributed by atoms with E-state index in [4.69, 9.17) is 9.47 Å². The first-order chi connectivity index (χ1) is 6.27. The van der Waals surface area contributed by atoms with Crippen molar-refractivity contribution in [2.45, 2.75) is 6.23 Å². The van der Waals surface area contributed by atoms with Crippen LogP contribution >= 0.6 is 0 Å². The molecule has 1 saturated heterocycles. The molecule has 1 unspecified atom stereocenters. The number of nitrogens with zero attached hydrogens (tertiary/aromatic N) is 2. The quantitative estimate of drug-likeness (QED) is 0.668. The zero-order chi connectivity index (χ0) is 9.26. The maximum absolute atomic E-state index is 10.9. The summed E-state index contributed by atoms with van der Waals surface area (Å²) in [7, 11) is 1.60. The van der Waals surface area contributed by atoms with Gasteiger partial charge in [-0.15, -0.1) is 0 Å². The van der Waals surface area contributed by atoms with Gasteiger partial charge in [0.25, 0.3) is 5.88 Å². The van der Waals surface area contributed by atoms with Crippen LogP contribution in [-0.2, 0) is 4.74 Å². The Kier molecular flexibility index (Phi) is 1.80. The van der Waals surface area contributed by atoms with Crippen LogP contribution in [0.4, 0.5) is 4.79 Å². The second kappa shape index (κ2) is 2.96. The van der Waals surface area contributed by atoms with Crippen molar-refractivity contribution in [3.63, 3.8) is 0 Å². The molecule has 1 aliphatic rings. The van der Waals surface area contributed by atoms with E-state index in [9.17, 15) is 4.79 Å². The number of hydrogen-bond donors (Lipinski definition) is 0. The molecule has 0 saturated carbocycles. The molecule has 0 radical (unpaired) electrons. The number of hydrogen-bond acceptors (Lipinski definition) is 5. The van der Waals surface area contributed by atoms with Crippen molar-refractivity contribution in [2.75, 3.05) is 13.7 Å². The Bertz CT molecular complexity index is 297. The van der Waals surface area contributed by atoms with E-state index in [0.717, 1.165) is 0 Å². The molecule has 1 atom stereocenters. The highest BCUT2D eigenvalue weighted by atomic mass is 16.6. The predicted octanol–water partition coefficient (Wildman–Crippen LogP) is 0.462. The number of carbonyl (C=O) groups is 1. The van der Waals surface area contributed by atoms with Crippen LogP contribution in [0, 0.1) is 0 Å². The van der Waals surface area contributed by atoms with Gasteiger partial charge in [0, 0.05) is 13.1 Å². The van der Waals surface area contributed by atoms with Gasteiger partial charge in [-0.2, -0.15) is 0 Å². The van der Waals surface area contributed by atoms with Crippen molar-refractivity contribution in [1.82, 2.24) is 10.1 Å². The summed E-state index contributed by atoms with van der Waals surface area (Å²) in [4.78, 5) is 12.2. The van der Waals surface area contributed by atoms with Crippen LogP contribution in [0.25, 0.3) is 0 Å². The molecular formula is C7H8N2O4. The van der Waals surface area contributed by atoms with E-state index in [1.165, 1.54) is 11.2 Å². The first kappa shape index (κ1) is 7.90. The predicted molar refractivity (Wildman–Crippen MR) is 40.0 cm³/mol. The summed E-state index contributed by atoms with van der Waals surface area (Å²) >= 11 is 0. The van der Waals surface area contributed by atoms with Gasteiger partial charge in [0.05, 0.1) is 0 Å². The topological polar surface area (TPSA) is 64.8 Å². The summed E-state index contributed by atoms with van der Waals surface area (Å²) in [6.45, 7) is 0.211. The summed E-state index contributed by atoms with van der Waals surface area (Å²) in [6.07, 6.45) is 0.582. The first-order valence-electron chi connectivity index (χ1n) is 3.74. The molecule has 1 amide bonds. The van der Waals surface area contributed by atoms with Gasteiger partial charge in [0.15, 0.2) is 0 Å². The highest BCUT2D eigenvalue weighted by Crippen LogP contribution is 2.14. The van der Waals surface area contributed by atoms with Gasteiger partial charge in [-0.1, -0.05) is 0 Å². The molecule has 0 N–H and O–H groups in total. The van der Waals surface area contributed by atoms with Crippen LogP contribution in [0.2, 0.25) is 0 Å². The minimum atomic E-state index is -0.419. The molecule has 0 bridgehead atoms. The zero-order valence-corrected chi connectivity index (χ0v) is 6.97. The average molecular weight is 184 g/mol. The highest BCUT2D eigenvalue weighted by Gasteiger charge is 2.31. The Balaban J connectivity index is 2.00. The Hall–Kier alpha value is -1.72. The monoisotopic (exact) mass is 184 g/mol. The van der Waals surface area contributed by atoms with Gasteiger partial charge in [-0.25, -0.2) is 4.79 Å². The highest BCUT2D eigenvalue weighted by molar-refractivity contribution is 5.69. The number of cyclic esters (lactones) is 1. The Morgan fingerprint density at radius 3 is 3.15 bits per heavy atom. The Morgan fingerprint density at radius 1 is 1.77 bits per heavy atom. The van der Waals surface area contributed by atoms with E-state index in [2.05, 4.69) is 9.68 Å². The normalized spacial score (nSPS) is 21.8. The largest absolute Gasteiger partial charge is 0.447 e. The molecular weight excluding hydrogens is 176 g/mol.